The van der Waals surface area contributed by atoms with Gasteiger partial charge < -0.3 is 24.6 Å². The second-order valence-electron chi connectivity index (χ2n) is 5.14. The number of likely N-dealkylation sites (N-methyl/N-ethyl adjacent to an activating group) is 1. The van der Waals surface area contributed by atoms with Crippen LogP contribution < -0.4 is 19.5 Å². The molecule has 0 spiro atoms. The fourth-order valence-electron chi connectivity index (χ4n) is 1.93. The lowest BCUT2D eigenvalue weighted by Gasteiger charge is -2.20. The van der Waals surface area contributed by atoms with Crippen LogP contribution in [0.1, 0.15) is 6.92 Å². The molecule has 0 bridgehead atoms. The van der Waals surface area contributed by atoms with Gasteiger partial charge in [-0.3, -0.25) is 14.5 Å². The van der Waals surface area contributed by atoms with E-state index in [-0.39, 0.29) is 19.2 Å². The zero-order chi connectivity index (χ0) is 16.8. The minimum atomic E-state index is -0.966. The predicted octanol–water partition coefficient (Wildman–Crippen LogP) is 0.315. The normalized spacial score (nSPS) is 13.7. The van der Waals surface area contributed by atoms with Crippen molar-refractivity contribution in [2.45, 2.75) is 13.0 Å². The number of fused-ring (bicyclic) bond motifs is 1. The van der Waals surface area contributed by atoms with Crippen molar-refractivity contribution in [3.63, 3.8) is 0 Å². The maximum atomic E-state index is 11.7. The molecule has 1 aromatic rings. The van der Waals surface area contributed by atoms with Crippen LogP contribution in [0.4, 0.5) is 0 Å². The summed E-state index contributed by atoms with van der Waals surface area (Å²) in [5, 5.41) is 11.5. The highest BCUT2D eigenvalue weighted by atomic mass is 16.7. The summed E-state index contributed by atoms with van der Waals surface area (Å²) in [7, 11) is 1.58. The van der Waals surface area contributed by atoms with E-state index in [4.69, 9.17) is 19.3 Å². The third-order valence-electron chi connectivity index (χ3n) is 3.45. The average Bonchev–Trinajstić information content (AvgIpc) is 2.98. The van der Waals surface area contributed by atoms with E-state index in [1.54, 1.807) is 25.2 Å². The Morgan fingerprint density at radius 2 is 2.13 bits per heavy atom. The number of aliphatic carboxylic acids is 1. The third kappa shape index (κ3) is 4.75. The van der Waals surface area contributed by atoms with Gasteiger partial charge in [0.05, 0.1) is 13.1 Å². The molecule has 23 heavy (non-hydrogen) atoms. The minimum Gasteiger partial charge on any atom is -0.492 e. The Morgan fingerprint density at radius 1 is 1.39 bits per heavy atom. The Labute approximate surface area is 133 Å². The van der Waals surface area contributed by atoms with Gasteiger partial charge in [-0.2, -0.15) is 0 Å². The van der Waals surface area contributed by atoms with Crippen molar-refractivity contribution in [2.75, 3.05) is 33.5 Å². The third-order valence-corrected chi connectivity index (χ3v) is 3.45. The number of carbonyl (C=O) groups is 2. The lowest BCUT2D eigenvalue weighted by molar-refractivity contribution is -0.142. The molecule has 0 aliphatic carbocycles. The van der Waals surface area contributed by atoms with Crippen LogP contribution in [0.2, 0.25) is 0 Å². The molecule has 1 heterocycles. The van der Waals surface area contributed by atoms with E-state index >= 15 is 0 Å². The molecule has 1 aliphatic heterocycles. The highest BCUT2D eigenvalue weighted by Gasteiger charge is 2.18. The standard InChI is InChI=1S/C15H20N2O6/c1-10(15(19)20)17(2)8-14(18)16-5-6-21-11-3-4-12-13(7-11)23-9-22-12/h3-4,7,10H,5-6,8-9H2,1-2H3,(H,16,18)(H,19,20). The number of amides is 1. The summed E-state index contributed by atoms with van der Waals surface area (Å²) in [5.74, 6) is 0.721. The number of nitrogens with zero attached hydrogens (tertiary/aromatic N) is 1. The van der Waals surface area contributed by atoms with Crippen LogP contribution in [0.15, 0.2) is 18.2 Å². The number of carboxylic acid groups (broad SMARTS) is 1. The molecular weight excluding hydrogens is 304 g/mol. The van der Waals surface area contributed by atoms with Crippen molar-refractivity contribution in [1.29, 1.82) is 0 Å². The number of hydrogen-bond donors (Lipinski definition) is 2. The molecule has 1 aliphatic rings. The van der Waals surface area contributed by atoms with Gasteiger partial charge in [-0.1, -0.05) is 0 Å². The van der Waals surface area contributed by atoms with E-state index in [0.717, 1.165) is 0 Å². The summed E-state index contributed by atoms with van der Waals surface area (Å²) in [6.45, 7) is 2.36. The Morgan fingerprint density at radius 3 is 2.87 bits per heavy atom. The van der Waals surface area contributed by atoms with Crippen molar-refractivity contribution in [3.05, 3.63) is 18.2 Å². The van der Waals surface area contributed by atoms with Crippen LogP contribution in [0.5, 0.6) is 17.2 Å². The molecular formula is C15H20N2O6. The van der Waals surface area contributed by atoms with Gasteiger partial charge in [-0.25, -0.2) is 0 Å². The molecule has 0 fully saturated rings. The second kappa shape index (κ2) is 7.68. The number of hydrogen-bond acceptors (Lipinski definition) is 6. The summed E-state index contributed by atoms with van der Waals surface area (Å²) in [6, 6.07) is 4.54. The molecule has 8 nitrogen and oxygen atoms in total. The molecule has 1 unspecified atom stereocenters. The summed E-state index contributed by atoms with van der Waals surface area (Å²) >= 11 is 0. The molecule has 1 aromatic carbocycles. The second-order valence-corrected chi connectivity index (χ2v) is 5.14. The molecule has 8 heteroatoms. The van der Waals surface area contributed by atoms with Crippen LogP contribution in [-0.2, 0) is 9.59 Å². The van der Waals surface area contributed by atoms with Crippen molar-refractivity contribution in [1.82, 2.24) is 10.2 Å². The monoisotopic (exact) mass is 324 g/mol. The van der Waals surface area contributed by atoms with Gasteiger partial charge in [0.25, 0.3) is 0 Å². The SMILES string of the molecule is CC(C(=O)O)N(C)CC(=O)NCCOc1ccc2c(c1)OCO2. The summed E-state index contributed by atoms with van der Waals surface area (Å²) in [4.78, 5) is 24.0. The maximum absolute atomic E-state index is 11.7. The zero-order valence-corrected chi connectivity index (χ0v) is 13.1. The first-order valence-corrected chi connectivity index (χ1v) is 7.19. The van der Waals surface area contributed by atoms with Gasteiger partial charge in [0.15, 0.2) is 11.5 Å². The van der Waals surface area contributed by atoms with Crippen molar-refractivity contribution >= 4 is 11.9 Å². The van der Waals surface area contributed by atoms with E-state index < -0.39 is 12.0 Å². The lowest BCUT2D eigenvalue weighted by atomic mass is 10.3. The summed E-state index contributed by atoms with van der Waals surface area (Å²) in [5.41, 5.74) is 0. The van der Waals surface area contributed by atoms with Crippen LogP contribution >= 0.6 is 0 Å². The largest absolute Gasteiger partial charge is 0.492 e. The lowest BCUT2D eigenvalue weighted by Crippen LogP contribution is -2.43. The van der Waals surface area contributed by atoms with Gasteiger partial charge in [0.2, 0.25) is 12.7 Å². The summed E-state index contributed by atoms with van der Waals surface area (Å²) < 4.78 is 16.0. The molecule has 0 radical (unpaired) electrons. The first-order valence-electron chi connectivity index (χ1n) is 7.19. The predicted molar refractivity (Wildman–Crippen MR) is 80.8 cm³/mol. The van der Waals surface area contributed by atoms with E-state index in [0.29, 0.717) is 30.4 Å². The van der Waals surface area contributed by atoms with Crippen LogP contribution in [0.25, 0.3) is 0 Å². The Hall–Kier alpha value is -2.48. The van der Waals surface area contributed by atoms with E-state index in [9.17, 15) is 9.59 Å². The van der Waals surface area contributed by atoms with Gasteiger partial charge in [0.1, 0.15) is 18.4 Å². The van der Waals surface area contributed by atoms with Gasteiger partial charge >= 0.3 is 5.97 Å². The number of carbonyl (C=O) groups excluding carboxylic acids is 1. The molecule has 0 aromatic heterocycles. The number of rotatable bonds is 8. The van der Waals surface area contributed by atoms with Gasteiger partial charge in [0, 0.05) is 6.07 Å². The average molecular weight is 324 g/mol. The molecule has 0 saturated heterocycles. The van der Waals surface area contributed by atoms with Gasteiger partial charge in [-0.15, -0.1) is 0 Å². The molecule has 126 valence electrons. The fraction of sp³-hybridized carbons (Fsp3) is 0.467. The molecule has 1 amide bonds. The van der Waals surface area contributed by atoms with E-state index in [1.807, 2.05) is 0 Å². The topological polar surface area (TPSA) is 97.3 Å². The smallest absolute Gasteiger partial charge is 0.320 e. The van der Waals surface area contributed by atoms with E-state index in [2.05, 4.69) is 5.32 Å². The quantitative estimate of drug-likeness (QED) is 0.664. The summed E-state index contributed by atoms with van der Waals surface area (Å²) in [6.07, 6.45) is 0. The number of nitrogens with one attached hydrogen (secondary N) is 1. The molecule has 2 rings (SSSR count). The fourth-order valence-corrected chi connectivity index (χ4v) is 1.93. The number of benzene rings is 1. The molecule has 2 N–H and O–H groups in total. The van der Waals surface area contributed by atoms with Crippen molar-refractivity contribution < 1.29 is 28.9 Å². The Kier molecular flexibility index (Phi) is 5.64. The van der Waals surface area contributed by atoms with Crippen molar-refractivity contribution in [2.24, 2.45) is 0 Å². The van der Waals surface area contributed by atoms with Crippen LogP contribution in [0, 0.1) is 0 Å². The first-order chi connectivity index (χ1) is 11.0. The Bertz CT molecular complexity index is 577. The van der Waals surface area contributed by atoms with Crippen LogP contribution in [0.3, 0.4) is 0 Å². The molecule has 1 atom stereocenters. The first kappa shape index (κ1) is 16.9. The molecule has 0 saturated carbocycles. The van der Waals surface area contributed by atoms with Crippen molar-refractivity contribution in [3.8, 4) is 17.2 Å². The van der Waals surface area contributed by atoms with Gasteiger partial charge in [-0.05, 0) is 26.1 Å². The maximum Gasteiger partial charge on any atom is 0.320 e. The number of carboxylic acids is 1. The number of ether oxygens (including phenoxy) is 3. The van der Waals surface area contributed by atoms with E-state index in [1.165, 1.54) is 11.8 Å². The highest BCUT2D eigenvalue weighted by Crippen LogP contribution is 2.34. The van der Waals surface area contributed by atoms with Crippen LogP contribution in [-0.4, -0.2) is 61.5 Å². The highest BCUT2D eigenvalue weighted by molar-refractivity contribution is 5.79. The minimum absolute atomic E-state index is 0.0114. The zero-order valence-electron chi connectivity index (χ0n) is 13.1. The Balaban J connectivity index is 1.67.